The van der Waals surface area contributed by atoms with E-state index in [1.165, 1.54) is 12.1 Å². The van der Waals surface area contributed by atoms with Gasteiger partial charge in [0.25, 0.3) is 5.97 Å². The van der Waals surface area contributed by atoms with Crippen LogP contribution in [0.3, 0.4) is 0 Å². The van der Waals surface area contributed by atoms with Crippen LogP contribution in [0.5, 0.6) is 0 Å². The number of rotatable bonds is 3. The normalized spacial score (nSPS) is 6.25. The van der Waals surface area contributed by atoms with Crippen molar-refractivity contribution in [2.75, 3.05) is 6.61 Å². The summed E-state index contributed by atoms with van der Waals surface area (Å²) in [5.41, 5.74) is 0. The van der Waals surface area contributed by atoms with Gasteiger partial charge in [-0.15, -0.1) is 0 Å². The first-order valence-electron chi connectivity index (χ1n) is 4.23. The van der Waals surface area contributed by atoms with Crippen molar-refractivity contribution in [3.8, 4) is 12.1 Å². The van der Waals surface area contributed by atoms with E-state index in [1.54, 1.807) is 0 Å². The predicted molar refractivity (Wildman–Crippen MR) is 56.0 cm³/mol. The largest absolute Gasteiger partial charge is 0.481 e. The third-order valence-corrected chi connectivity index (χ3v) is 0.665. The molecule has 0 heterocycles. The second-order valence-corrected chi connectivity index (χ2v) is 2.11. The summed E-state index contributed by atoms with van der Waals surface area (Å²) in [5, 5.41) is 21.9. The number of hydrogen-bond acceptors (Lipinski definition) is 5. The average molecular weight is 226 g/mol. The highest BCUT2D eigenvalue weighted by Crippen LogP contribution is 1.81. The third-order valence-electron chi connectivity index (χ3n) is 0.665. The zero-order valence-corrected chi connectivity index (χ0v) is 9.27. The molecule has 6 heteroatoms. The molecule has 0 aliphatic carbocycles. The lowest BCUT2D eigenvalue weighted by atomic mass is 10.5. The molecule has 0 aliphatic rings. The second kappa shape index (κ2) is 18.4. The lowest BCUT2D eigenvalue weighted by Crippen LogP contribution is -1.99. The van der Waals surface area contributed by atoms with E-state index < -0.39 is 5.97 Å². The van der Waals surface area contributed by atoms with E-state index in [-0.39, 0.29) is 5.97 Å². The molecule has 0 atom stereocenters. The molecule has 0 aromatic heterocycles. The van der Waals surface area contributed by atoms with Crippen LogP contribution < -0.4 is 0 Å². The number of carbonyl (C=O) groups is 2. The van der Waals surface area contributed by atoms with Gasteiger partial charge in [-0.05, 0) is 6.42 Å². The van der Waals surface area contributed by atoms with Gasteiger partial charge in [0.15, 0.2) is 12.1 Å². The van der Waals surface area contributed by atoms with Crippen molar-refractivity contribution < 1.29 is 19.4 Å². The molecule has 0 amide bonds. The molecule has 0 unspecified atom stereocenters. The van der Waals surface area contributed by atoms with Crippen LogP contribution in [0.4, 0.5) is 0 Å². The predicted octanol–water partition coefficient (Wildman–Crippen LogP) is 1.25. The highest BCUT2D eigenvalue weighted by molar-refractivity contribution is 5.81. The topological polar surface area (TPSA) is 111 Å². The first-order valence-corrected chi connectivity index (χ1v) is 4.23. The summed E-state index contributed by atoms with van der Waals surface area (Å²) in [6.45, 7) is 6.75. The van der Waals surface area contributed by atoms with Gasteiger partial charge in [-0.2, -0.15) is 10.5 Å². The Bertz CT molecular complexity index is 270. The Hall–Kier alpha value is -2.34. The van der Waals surface area contributed by atoms with Gasteiger partial charge in [0.1, 0.15) is 0 Å². The monoisotopic (exact) mass is 226 g/mol. The van der Waals surface area contributed by atoms with Crippen LogP contribution in [0.2, 0.25) is 0 Å². The summed E-state index contributed by atoms with van der Waals surface area (Å²) < 4.78 is 4.58. The summed E-state index contributed by atoms with van der Waals surface area (Å²) in [6, 6.07) is 2.47. The molecule has 0 aromatic carbocycles. The number of carbonyl (C=O) groups excluding carboxylic acids is 1. The summed E-state index contributed by atoms with van der Waals surface area (Å²) in [6.07, 6.45) is 2.02. The fourth-order valence-corrected chi connectivity index (χ4v) is 0.262. The number of carboxylic acid groups (broad SMARTS) is 1. The maximum atomic E-state index is 10.2. The standard InChI is InChI=1S/C6H10O2.C2N2.C2H4O2/c1-3-5-8-6(7)4-2;3-1-2-4;1-2(3)4/h4H,2-3,5H2,1H3;;1H3,(H,3,4). The highest BCUT2D eigenvalue weighted by atomic mass is 16.5. The molecule has 0 bridgehead atoms. The van der Waals surface area contributed by atoms with Crippen molar-refractivity contribution >= 4 is 11.9 Å². The third kappa shape index (κ3) is 61.0. The summed E-state index contributed by atoms with van der Waals surface area (Å²) in [5.74, 6) is -1.17. The van der Waals surface area contributed by atoms with Crippen molar-refractivity contribution in [3.05, 3.63) is 12.7 Å². The van der Waals surface area contributed by atoms with Gasteiger partial charge in [-0.3, -0.25) is 4.79 Å². The van der Waals surface area contributed by atoms with E-state index in [2.05, 4.69) is 11.3 Å². The highest BCUT2D eigenvalue weighted by Gasteiger charge is 1.89. The van der Waals surface area contributed by atoms with Gasteiger partial charge < -0.3 is 9.84 Å². The Morgan fingerprint density at radius 1 is 1.44 bits per heavy atom. The molecule has 1 N–H and O–H groups in total. The lowest BCUT2D eigenvalue weighted by molar-refractivity contribution is -0.138. The van der Waals surface area contributed by atoms with E-state index in [0.717, 1.165) is 19.4 Å². The van der Waals surface area contributed by atoms with Crippen LogP contribution in [0.15, 0.2) is 12.7 Å². The Balaban J connectivity index is -0.000000179. The van der Waals surface area contributed by atoms with Crippen molar-refractivity contribution in [1.82, 2.24) is 0 Å². The first-order chi connectivity index (χ1) is 7.45. The van der Waals surface area contributed by atoms with E-state index in [1.807, 2.05) is 6.92 Å². The van der Waals surface area contributed by atoms with E-state index in [0.29, 0.717) is 6.61 Å². The zero-order chi connectivity index (χ0) is 13.4. The zero-order valence-electron chi connectivity index (χ0n) is 9.27. The first kappa shape index (κ1) is 19.3. The Kier molecular flexibility index (Phi) is 22.2. The molecule has 0 fully saturated rings. The van der Waals surface area contributed by atoms with Crippen molar-refractivity contribution in [2.24, 2.45) is 0 Å². The molecule has 0 aliphatic heterocycles. The second-order valence-electron chi connectivity index (χ2n) is 2.11. The van der Waals surface area contributed by atoms with Gasteiger partial charge >= 0.3 is 5.97 Å². The van der Waals surface area contributed by atoms with Crippen LogP contribution in [0, 0.1) is 22.7 Å². The molecule has 0 spiro atoms. The summed E-state index contributed by atoms with van der Waals surface area (Å²) in [7, 11) is 0. The Morgan fingerprint density at radius 3 is 2.00 bits per heavy atom. The van der Waals surface area contributed by atoms with Crippen LogP contribution in [0.1, 0.15) is 20.3 Å². The van der Waals surface area contributed by atoms with Crippen molar-refractivity contribution in [2.45, 2.75) is 20.3 Å². The minimum absolute atomic E-state index is 0.341. The average Bonchev–Trinajstić information content (AvgIpc) is 2.25. The number of esters is 1. The fourth-order valence-electron chi connectivity index (χ4n) is 0.262. The van der Waals surface area contributed by atoms with Gasteiger partial charge in [-0.1, -0.05) is 13.5 Å². The number of nitriles is 2. The summed E-state index contributed by atoms with van der Waals surface area (Å²) in [4.78, 5) is 19.2. The molecule has 88 valence electrons. The SMILES string of the molecule is C=CC(=O)OCCC.CC(=O)O.N#CC#N. The van der Waals surface area contributed by atoms with Crippen LogP contribution in [0.25, 0.3) is 0 Å². The molecule has 0 saturated heterocycles. The smallest absolute Gasteiger partial charge is 0.330 e. The molecule has 6 nitrogen and oxygen atoms in total. The van der Waals surface area contributed by atoms with Gasteiger partial charge in [-0.25, -0.2) is 4.79 Å². The molecular weight excluding hydrogens is 212 g/mol. The maximum absolute atomic E-state index is 10.2. The molecular formula is C10H14N2O4. The minimum atomic E-state index is -0.833. The molecule has 16 heavy (non-hydrogen) atoms. The number of carboxylic acids is 1. The molecule has 0 rings (SSSR count). The fraction of sp³-hybridized carbons (Fsp3) is 0.400. The van der Waals surface area contributed by atoms with Gasteiger partial charge in [0, 0.05) is 13.0 Å². The van der Waals surface area contributed by atoms with Crippen LogP contribution >= 0.6 is 0 Å². The number of nitrogens with zero attached hydrogens (tertiary/aromatic N) is 2. The lowest BCUT2D eigenvalue weighted by Gasteiger charge is -1.94. The van der Waals surface area contributed by atoms with Crippen molar-refractivity contribution in [1.29, 1.82) is 10.5 Å². The molecule has 0 saturated carbocycles. The quantitative estimate of drug-likeness (QED) is 0.572. The van der Waals surface area contributed by atoms with E-state index in [4.69, 9.17) is 20.4 Å². The van der Waals surface area contributed by atoms with Gasteiger partial charge in [0.2, 0.25) is 0 Å². The minimum Gasteiger partial charge on any atom is -0.481 e. The number of hydrogen-bond donors (Lipinski definition) is 1. The molecule has 0 aromatic rings. The molecule has 0 radical (unpaired) electrons. The Morgan fingerprint density at radius 2 is 1.81 bits per heavy atom. The number of ether oxygens (including phenoxy) is 1. The van der Waals surface area contributed by atoms with Crippen LogP contribution in [-0.2, 0) is 14.3 Å². The maximum Gasteiger partial charge on any atom is 0.330 e. The van der Waals surface area contributed by atoms with E-state index in [9.17, 15) is 4.79 Å². The Labute approximate surface area is 94.4 Å². The van der Waals surface area contributed by atoms with E-state index >= 15 is 0 Å². The number of aliphatic carboxylic acids is 1. The summed E-state index contributed by atoms with van der Waals surface area (Å²) >= 11 is 0. The van der Waals surface area contributed by atoms with Gasteiger partial charge in [0.05, 0.1) is 6.61 Å². The van der Waals surface area contributed by atoms with Crippen molar-refractivity contribution in [3.63, 3.8) is 0 Å². The van der Waals surface area contributed by atoms with Crippen LogP contribution in [-0.4, -0.2) is 23.7 Å².